The zero-order valence-electron chi connectivity index (χ0n) is 11.8. The van der Waals surface area contributed by atoms with Gasteiger partial charge in [-0.25, -0.2) is 4.99 Å². The van der Waals surface area contributed by atoms with Gasteiger partial charge in [-0.1, -0.05) is 24.6 Å². The Kier molecular flexibility index (Phi) is 3.12. The van der Waals surface area contributed by atoms with Crippen LogP contribution < -0.4 is 16.4 Å². The van der Waals surface area contributed by atoms with E-state index in [4.69, 9.17) is 11.5 Å². The van der Waals surface area contributed by atoms with Gasteiger partial charge in [0.15, 0.2) is 0 Å². The summed E-state index contributed by atoms with van der Waals surface area (Å²) in [4.78, 5) is 10.9. The molecule has 0 amide bonds. The molecular weight excluding hydrogens is 250 g/mol. The van der Waals surface area contributed by atoms with E-state index in [9.17, 15) is 0 Å². The smallest absolute Gasteiger partial charge is 0.220 e. The van der Waals surface area contributed by atoms with E-state index in [1.165, 1.54) is 12.0 Å². The lowest BCUT2D eigenvalue weighted by molar-refractivity contribution is 0.305. The summed E-state index contributed by atoms with van der Waals surface area (Å²) in [6.07, 6.45) is 5.48. The number of aliphatic imine (C=N–C) groups is 2. The first kappa shape index (κ1) is 13.0. The lowest BCUT2D eigenvalue weighted by Gasteiger charge is -2.46. The molecule has 1 aromatic rings. The number of nitrogens with zero attached hydrogens (tertiary/aromatic N) is 3. The van der Waals surface area contributed by atoms with Crippen molar-refractivity contribution >= 4 is 17.6 Å². The summed E-state index contributed by atoms with van der Waals surface area (Å²) in [7, 11) is 0. The first-order valence-electron chi connectivity index (χ1n) is 7.18. The molecule has 1 heterocycles. The maximum atomic E-state index is 6.19. The first-order valence-corrected chi connectivity index (χ1v) is 7.18. The zero-order chi connectivity index (χ0) is 14.2. The SMILES string of the molecule is Cc1ccccc1N1C(N)=NC(N)=NC12CCCCC2. The largest absolute Gasteiger partial charge is 0.369 e. The maximum absolute atomic E-state index is 6.19. The Hall–Kier alpha value is -2.04. The minimum absolute atomic E-state index is 0.300. The predicted octanol–water partition coefficient (Wildman–Crippen LogP) is 2.10. The number of guanidine groups is 2. The average molecular weight is 271 g/mol. The molecule has 5 heteroatoms. The minimum atomic E-state index is -0.347. The Balaban J connectivity index is 2.11. The number of benzene rings is 1. The van der Waals surface area contributed by atoms with Gasteiger partial charge in [0.2, 0.25) is 11.9 Å². The highest BCUT2D eigenvalue weighted by Gasteiger charge is 2.42. The third-order valence-electron chi connectivity index (χ3n) is 4.21. The molecule has 1 fully saturated rings. The lowest BCUT2D eigenvalue weighted by atomic mass is 9.87. The van der Waals surface area contributed by atoms with Crippen molar-refractivity contribution in [3.05, 3.63) is 29.8 Å². The van der Waals surface area contributed by atoms with Crippen LogP contribution in [0.5, 0.6) is 0 Å². The van der Waals surface area contributed by atoms with Gasteiger partial charge in [0.25, 0.3) is 0 Å². The van der Waals surface area contributed by atoms with Crippen LogP contribution in [-0.4, -0.2) is 17.6 Å². The molecule has 4 N–H and O–H groups in total. The molecule has 1 spiro atoms. The van der Waals surface area contributed by atoms with E-state index in [-0.39, 0.29) is 5.66 Å². The standard InChI is InChI=1S/C15H21N5/c1-11-7-3-4-8-12(11)20-14(17)18-13(16)19-15(20)9-5-2-6-10-15/h3-4,7-8H,2,5-6,9-10H2,1H3,(H4,16,17,18,19). The summed E-state index contributed by atoms with van der Waals surface area (Å²) >= 11 is 0. The second-order valence-electron chi connectivity index (χ2n) is 5.61. The van der Waals surface area contributed by atoms with Gasteiger partial charge in [-0.2, -0.15) is 4.99 Å². The Morgan fingerprint density at radius 3 is 2.50 bits per heavy atom. The third kappa shape index (κ3) is 2.03. The number of nitrogens with two attached hydrogens (primary N) is 2. The molecular formula is C15H21N5. The Labute approximate surface area is 119 Å². The topological polar surface area (TPSA) is 80.0 Å². The molecule has 106 valence electrons. The highest BCUT2D eigenvalue weighted by molar-refractivity contribution is 6.05. The van der Waals surface area contributed by atoms with Gasteiger partial charge in [0, 0.05) is 5.69 Å². The number of anilines is 1. The Morgan fingerprint density at radius 2 is 1.80 bits per heavy atom. The molecule has 1 aliphatic heterocycles. The second-order valence-corrected chi connectivity index (χ2v) is 5.61. The van der Waals surface area contributed by atoms with Crippen LogP contribution in [0.2, 0.25) is 0 Å². The molecule has 1 aliphatic carbocycles. The van der Waals surface area contributed by atoms with Crippen LogP contribution in [0.15, 0.2) is 34.3 Å². The number of hydrogen-bond donors (Lipinski definition) is 2. The number of para-hydroxylation sites is 1. The lowest BCUT2D eigenvalue weighted by Crippen LogP contribution is -2.58. The van der Waals surface area contributed by atoms with E-state index in [0.29, 0.717) is 11.9 Å². The van der Waals surface area contributed by atoms with E-state index in [1.807, 2.05) is 12.1 Å². The van der Waals surface area contributed by atoms with Crippen LogP contribution in [-0.2, 0) is 0 Å². The molecule has 0 unspecified atom stereocenters. The van der Waals surface area contributed by atoms with Gasteiger partial charge in [0.1, 0.15) is 5.66 Å². The van der Waals surface area contributed by atoms with Crippen molar-refractivity contribution in [2.24, 2.45) is 21.5 Å². The second kappa shape index (κ2) is 4.81. The van der Waals surface area contributed by atoms with Gasteiger partial charge in [-0.15, -0.1) is 0 Å². The van der Waals surface area contributed by atoms with Crippen LogP contribution in [0.1, 0.15) is 37.7 Å². The fraction of sp³-hybridized carbons (Fsp3) is 0.467. The quantitative estimate of drug-likeness (QED) is 0.821. The van der Waals surface area contributed by atoms with Gasteiger partial charge < -0.3 is 11.5 Å². The van der Waals surface area contributed by atoms with Gasteiger partial charge in [0.05, 0.1) is 0 Å². The van der Waals surface area contributed by atoms with Crippen molar-refractivity contribution in [1.82, 2.24) is 0 Å². The maximum Gasteiger partial charge on any atom is 0.220 e. The van der Waals surface area contributed by atoms with E-state index in [2.05, 4.69) is 33.9 Å². The van der Waals surface area contributed by atoms with Crippen LogP contribution in [0, 0.1) is 6.92 Å². The zero-order valence-corrected chi connectivity index (χ0v) is 11.8. The monoisotopic (exact) mass is 271 g/mol. The molecule has 20 heavy (non-hydrogen) atoms. The molecule has 5 nitrogen and oxygen atoms in total. The summed E-state index contributed by atoms with van der Waals surface area (Å²) in [5.74, 6) is 0.753. The first-order chi connectivity index (χ1) is 9.62. The normalized spacial score (nSPS) is 21.6. The molecule has 1 saturated carbocycles. The minimum Gasteiger partial charge on any atom is -0.369 e. The third-order valence-corrected chi connectivity index (χ3v) is 4.21. The van der Waals surface area contributed by atoms with Crippen LogP contribution in [0.3, 0.4) is 0 Å². The Morgan fingerprint density at radius 1 is 1.10 bits per heavy atom. The molecule has 2 aliphatic rings. The highest BCUT2D eigenvalue weighted by Crippen LogP contribution is 2.40. The predicted molar refractivity (Wildman–Crippen MR) is 82.7 cm³/mol. The molecule has 1 aromatic carbocycles. The summed E-state index contributed by atoms with van der Waals surface area (Å²) in [5, 5.41) is 0. The van der Waals surface area contributed by atoms with E-state index < -0.39 is 0 Å². The van der Waals surface area contributed by atoms with Gasteiger partial charge in [-0.3, -0.25) is 4.90 Å². The summed E-state index contributed by atoms with van der Waals surface area (Å²) in [5.41, 5.74) is 14.0. The summed E-state index contributed by atoms with van der Waals surface area (Å²) < 4.78 is 0. The van der Waals surface area contributed by atoms with Gasteiger partial charge >= 0.3 is 0 Å². The molecule has 0 radical (unpaired) electrons. The molecule has 0 atom stereocenters. The van der Waals surface area contributed by atoms with Crippen LogP contribution in [0.4, 0.5) is 5.69 Å². The van der Waals surface area contributed by atoms with Crippen LogP contribution in [0.25, 0.3) is 0 Å². The molecule has 0 saturated heterocycles. The van der Waals surface area contributed by atoms with Gasteiger partial charge in [-0.05, 0) is 44.2 Å². The number of aryl methyl sites for hydroxylation is 1. The molecule has 0 aromatic heterocycles. The van der Waals surface area contributed by atoms with Crippen molar-refractivity contribution in [2.75, 3.05) is 4.90 Å². The molecule has 0 bridgehead atoms. The van der Waals surface area contributed by atoms with E-state index >= 15 is 0 Å². The van der Waals surface area contributed by atoms with Crippen molar-refractivity contribution in [3.8, 4) is 0 Å². The van der Waals surface area contributed by atoms with Crippen molar-refractivity contribution < 1.29 is 0 Å². The number of rotatable bonds is 1. The van der Waals surface area contributed by atoms with E-state index in [0.717, 1.165) is 31.4 Å². The fourth-order valence-electron chi connectivity index (χ4n) is 3.28. The summed E-state index contributed by atoms with van der Waals surface area (Å²) in [6.45, 7) is 2.08. The van der Waals surface area contributed by atoms with Crippen LogP contribution >= 0.6 is 0 Å². The van der Waals surface area contributed by atoms with Crippen molar-refractivity contribution in [2.45, 2.75) is 44.7 Å². The highest BCUT2D eigenvalue weighted by atomic mass is 15.4. The average Bonchev–Trinajstić information content (AvgIpc) is 2.41. The number of hydrogen-bond acceptors (Lipinski definition) is 5. The fourth-order valence-corrected chi connectivity index (χ4v) is 3.28. The van der Waals surface area contributed by atoms with E-state index in [1.54, 1.807) is 0 Å². The summed E-state index contributed by atoms with van der Waals surface area (Å²) in [6, 6.07) is 8.21. The molecule has 3 rings (SSSR count). The van der Waals surface area contributed by atoms with Crippen molar-refractivity contribution in [3.63, 3.8) is 0 Å². The Bertz CT molecular complexity index is 569. The van der Waals surface area contributed by atoms with Crippen molar-refractivity contribution in [1.29, 1.82) is 0 Å².